The quantitative estimate of drug-likeness (QED) is 0.828. The molecule has 0 aromatic carbocycles. The van der Waals surface area contributed by atoms with E-state index in [4.69, 9.17) is 0 Å². The summed E-state index contributed by atoms with van der Waals surface area (Å²) in [6, 6.07) is 0. The molecule has 0 saturated carbocycles. The van der Waals surface area contributed by atoms with Gasteiger partial charge >= 0.3 is 0 Å². The summed E-state index contributed by atoms with van der Waals surface area (Å²) in [4.78, 5) is 17.7. The van der Waals surface area contributed by atoms with Gasteiger partial charge < -0.3 is 0 Å². The maximum absolute atomic E-state index is 4.61. The summed E-state index contributed by atoms with van der Waals surface area (Å²) >= 11 is 0. The predicted octanol–water partition coefficient (Wildman–Crippen LogP) is 2.29. The Hall–Kier alpha value is -1.84. The van der Waals surface area contributed by atoms with Gasteiger partial charge in [-0.15, -0.1) is 0 Å². The van der Waals surface area contributed by atoms with Gasteiger partial charge in [0.05, 0.1) is 34.2 Å². The van der Waals surface area contributed by atoms with E-state index < -0.39 is 0 Å². The molecule has 2 rings (SSSR count). The molecule has 0 N–H and O–H groups in total. The average Bonchev–Trinajstić information content (AvgIpc) is 2.34. The lowest BCUT2D eigenvalue weighted by atomic mass is 10.1. The Morgan fingerprint density at radius 3 is 2.00 bits per heavy atom. The van der Waals surface area contributed by atoms with Crippen LogP contribution >= 0.6 is 0 Å². The lowest BCUT2D eigenvalue weighted by Crippen LogP contribution is -2.06. The molecular weight excluding hydrogens is 224 g/mol. The molecule has 94 valence electrons. The molecule has 0 atom stereocenters. The van der Waals surface area contributed by atoms with Gasteiger partial charge in [-0.2, -0.15) is 0 Å². The van der Waals surface area contributed by atoms with Crippen molar-refractivity contribution < 1.29 is 0 Å². The highest BCUT2D eigenvalue weighted by molar-refractivity contribution is 5.19. The zero-order valence-electron chi connectivity index (χ0n) is 11.4. The summed E-state index contributed by atoms with van der Waals surface area (Å²) in [6.45, 7) is 7.99. The monoisotopic (exact) mass is 242 g/mol. The molecule has 0 saturated heterocycles. The number of aromatic nitrogens is 4. The Kier molecular flexibility index (Phi) is 3.65. The van der Waals surface area contributed by atoms with Crippen molar-refractivity contribution in [3.05, 3.63) is 46.6 Å². The molecule has 0 aliphatic carbocycles. The first kappa shape index (κ1) is 12.6. The number of hydrogen-bond donors (Lipinski definition) is 0. The highest BCUT2D eigenvalue weighted by atomic mass is 14.8. The summed E-state index contributed by atoms with van der Waals surface area (Å²) in [7, 11) is 0. The molecule has 4 nitrogen and oxygen atoms in total. The van der Waals surface area contributed by atoms with Crippen molar-refractivity contribution >= 4 is 0 Å². The van der Waals surface area contributed by atoms with E-state index in [1.807, 2.05) is 27.7 Å². The zero-order chi connectivity index (χ0) is 13.1. The minimum absolute atomic E-state index is 0.859. The van der Waals surface area contributed by atoms with Crippen molar-refractivity contribution in [2.24, 2.45) is 0 Å². The van der Waals surface area contributed by atoms with Crippen LogP contribution in [0.25, 0.3) is 0 Å². The molecule has 2 heterocycles. The molecule has 0 aliphatic heterocycles. The van der Waals surface area contributed by atoms with E-state index in [1.165, 1.54) is 0 Å². The fraction of sp³-hybridized carbons (Fsp3) is 0.429. The average molecular weight is 242 g/mol. The summed E-state index contributed by atoms with van der Waals surface area (Å²) in [5, 5.41) is 0. The maximum atomic E-state index is 4.61. The first-order valence-corrected chi connectivity index (χ1v) is 6.15. The molecule has 0 unspecified atom stereocenters. The first-order valence-electron chi connectivity index (χ1n) is 6.15. The first-order chi connectivity index (χ1) is 8.58. The van der Waals surface area contributed by atoms with Crippen LogP contribution in [0.3, 0.4) is 0 Å². The molecule has 2 aromatic rings. The Morgan fingerprint density at radius 1 is 0.667 bits per heavy atom. The minimum Gasteiger partial charge on any atom is -0.258 e. The zero-order valence-corrected chi connectivity index (χ0v) is 11.4. The molecule has 0 amide bonds. The Balaban J connectivity index is 2.16. The van der Waals surface area contributed by atoms with Gasteiger partial charge in [-0.05, 0) is 40.5 Å². The van der Waals surface area contributed by atoms with E-state index >= 15 is 0 Å². The highest BCUT2D eigenvalue weighted by Gasteiger charge is 2.07. The number of aryl methyl sites for hydroxylation is 6. The Bertz CT molecular complexity index is 564. The normalized spacial score (nSPS) is 10.7. The van der Waals surface area contributed by atoms with Gasteiger partial charge in [-0.3, -0.25) is 19.9 Å². The Labute approximate surface area is 108 Å². The van der Waals surface area contributed by atoms with E-state index in [1.54, 1.807) is 12.4 Å². The SMILES string of the molecule is Cc1nc(C)c(CCc2nccnc2C)nc1C. The standard InChI is InChI=1S/C14H18N4/c1-9-10(2)18-14(12(4)17-9)6-5-13-11(3)15-7-8-16-13/h7-8H,5-6H2,1-4H3. The topological polar surface area (TPSA) is 51.6 Å². The van der Waals surface area contributed by atoms with E-state index in [0.29, 0.717) is 0 Å². The number of hydrogen-bond acceptors (Lipinski definition) is 4. The van der Waals surface area contributed by atoms with Crippen molar-refractivity contribution in [1.82, 2.24) is 19.9 Å². The fourth-order valence-electron chi connectivity index (χ4n) is 1.92. The van der Waals surface area contributed by atoms with Crippen LogP contribution in [-0.4, -0.2) is 19.9 Å². The fourth-order valence-corrected chi connectivity index (χ4v) is 1.92. The van der Waals surface area contributed by atoms with Crippen molar-refractivity contribution in [2.75, 3.05) is 0 Å². The van der Waals surface area contributed by atoms with Crippen molar-refractivity contribution in [2.45, 2.75) is 40.5 Å². The third kappa shape index (κ3) is 2.70. The van der Waals surface area contributed by atoms with Crippen LogP contribution in [0.15, 0.2) is 12.4 Å². The van der Waals surface area contributed by atoms with Gasteiger partial charge in [-0.25, -0.2) is 0 Å². The van der Waals surface area contributed by atoms with E-state index in [9.17, 15) is 0 Å². The van der Waals surface area contributed by atoms with Crippen LogP contribution in [0.5, 0.6) is 0 Å². The molecule has 0 bridgehead atoms. The smallest absolute Gasteiger partial charge is 0.0623 e. The van der Waals surface area contributed by atoms with Gasteiger partial charge in [-0.1, -0.05) is 0 Å². The van der Waals surface area contributed by atoms with Crippen LogP contribution < -0.4 is 0 Å². The van der Waals surface area contributed by atoms with Gasteiger partial charge in [0.15, 0.2) is 0 Å². The van der Waals surface area contributed by atoms with Crippen LogP contribution in [0, 0.1) is 27.7 Å². The second kappa shape index (κ2) is 5.21. The van der Waals surface area contributed by atoms with E-state index in [2.05, 4.69) is 19.9 Å². The van der Waals surface area contributed by atoms with Crippen LogP contribution in [-0.2, 0) is 12.8 Å². The van der Waals surface area contributed by atoms with Gasteiger partial charge in [0.2, 0.25) is 0 Å². The summed E-state index contributed by atoms with van der Waals surface area (Å²) in [5.74, 6) is 0. The molecule has 0 radical (unpaired) electrons. The number of rotatable bonds is 3. The minimum atomic E-state index is 0.859. The molecule has 18 heavy (non-hydrogen) atoms. The van der Waals surface area contributed by atoms with Gasteiger partial charge in [0, 0.05) is 12.4 Å². The molecule has 2 aromatic heterocycles. The third-order valence-electron chi connectivity index (χ3n) is 3.16. The largest absolute Gasteiger partial charge is 0.258 e. The van der Waals surface area contributed by atoms with Gasteiger partial charge in [0.1, 0.15) is 0 Å². The molecule has 4 heteroatoms. The van der Waals surface area contributed by atoms with Crippen LogP contribution in [0.1, 0.15) is 34.2 Å². The summed E-state index contributed by atoms with van der Waals surface area (Å²) in [5.41, 5.74) is 6.12. The van der Waals surface area contributed by atoms with Crippen molar-refractivity contribution in [3.8, 4) is 0 Å². The second-order valence-corrected chi connectivity index (χ2v) is 4.51. The molecule has 0 spiro atoms. The number of nitrogens with zero attached hydrogens (tertiary/aromatic N) is 4. The van der Waals surface area contributed by atoms with E-state index in [-0.39, 0.29) is 0 Å². The third-order valence-corrected chi connectivity index (χ3v) is 3.16. The Morgan fingerprint density at radius 2 is 1.28 bits per heavy atom. The maximum Gasteiger partial charge on any atom is 0.0623 e. The second-order valence-electron chi connectivity index (χ2n) is 4.51. The molecular formula is C14H18N4. The highest BCUT2D eigenvalue weighted by Crippen LogP contribution is 2.11. The van der Waals surface area contributed by atoms with Gasteiger partial charge in [0.25, 0.3) is 0 Å². The van der Waals surface area contributed by atoms with E-state index in [0.717, 1.165) is 47.0 Å². The van der Waals surface area contributed by atoms with Crippen LogP contribution in [0.4, 0.5) is 0 Å². The molecule has 0 aliphatic rings. The summed E-state index contributed by atoms with van der Waals surface area (Å²) < 4.78 is 0. The van der Waals surface area contributed by atoms with Crippen molar-refractivity contribution in [1.29, 1.82) is 0 Å². The molecule has 0 fully saturated rings. The predicted molar refractivity (Wildman–Crippen MR) is 70.4 cm³/mol. The van der Waals surface area contributed by atoms with Crippen LogP contribution in [0.2, 0.25) is 0 Å². The summed E-state index contributed by atoms with van der Waals surface area (Å²) in [6.07, 6.45) is 5.18. The van der Waals surface area contributed by atoms with Crippen molar-refractivity contribution in [3.63, 3.8) is 0 Å². The lowest BCUT2D eigenvalue weighted by Gasteiger charge is -2.08. The lowest BCUT2D eigenvalue weighted by molar-refractivity contribution is 0.817.